The number of thiazole rings is 1. The molecule has 0 radical (unpaired) electrons. The third-order valence-electron chi connectivity index (χ3n) is 6.74. The standard InChI is InChI=1S/C29H33N3O4S/c1-6-35-26(33)24-19(4)30-20(5)29(27(34)36-7-2,22-11-9-8-10-12-22)25(24)32-28-31-23(17-37-28)21-15-13-18(3)14-16-21/h8-17,20,25,30H,6-7H2,1-5H3,(H,31,32). The highest BCUT2D eigenvalue weighted by molar-refractivity contribution is 7.14. The molecule has 7 nitrogen and oxygen atoms in total. The van der Waals surface area contributed by atoms with Crippen molar-refractivity contribution in [2.24, 2.45) is 0 Å². The van der Waals surface area contributed by atoms with E-state index in [1.165, 1.54) is 16.9 Å². The maximum Gasteiger partial charge on any atom is 0.337 e. The molecule has 2 aromatic carbocycles. The molecule has 0 spiro atoms. The van der Waals surface area contributed by atoms with Crippen LogP contribution in [0, 0.1) is 6.92 Å². The molecule has 0 saturated heterocycles. The second-order valence-electron chi connectivity index (χ2n) is 9.06. The second kappa shape index (κ2) is 11.2. The number of allylic oxidation sites excluding steroid dienone is 1. The summed E-state index contributed by atoms with van der Waals surface area (Å²) >= 11 is 1.42. The summed E-state index contributed by atoms with van der Waals surface area (Å²) in [6, 6.07) is 16.4. The summed E-state index contributed by atoms with van der Waals surface area (Å²) in [4.78, 5) is 32.1. The van der Waals surface area contributed by atoms with Gasteiger partial charge < -0.3 is 20.1 Å². The zero-order valence-corrected chi connectivity index (χ0v) is 22.6. The van der Waals surface area contributed by atoms with E-state index in [1.807, 2.05) is 80.7 Å². The van der Waals surface area contributed by atoms with Crippen LogP contribution < -0.4 is 10.6 Å². The number of esters is 2. The van der Waals surface area contributed by atoms with Crippen molar-refractivity contribution in [2.45, 2.75) is 52.1 Å². The van der Waals surface area contributed by atoms with Crippen molar-refractivity contribution in [1.29, 1.82) is 0 Å². The molecule has 8 heteroatoms. The Hall–Kier alpha value is -3.65. The fourth-order valence-corrected chi connectivity index (χ4v) is 5.74. The first-order valence-corrected chi connectivity index (χ1v) is 13.4. The van der Waals surface area contributed by atoms with E-state index in [2.05, 4.69) is 10.6 Å². The highest BCUT2D eigenvalue weighted by atomic mass is 32.1. The number of aryl methyl sites for hydroxylation is 1. The van der Waals surface area contributed by atoms with Crippen LogP contribution in [0.2, 0.25) is 0 Å². The predicted molar refractivity (Wildman–Crippen MR) is 146 cm³/mol. The molecule has 1 aromatic heterocycles. The first-order valence-electron chi connectivity index (χ1n) is 12.5. The molecular weight excluding hydrogens is 486 g/mol. The maximum atomic E-state index is 13.9. The van der Waals surface area contributed by atoms with Gasteiger partial charge >= 0.3 is 11.9 Å². The molecule has 194 valence electrons. The summed E-state index contributed by atoms with van der Waals surface area (Å²) in [5.41, 5.74) is 3.44. The van der Waals surface area contributed by atoms with Gasteiger partial charge in [0, 0.05) is 22.7 Å². The van der Waals surface area contributed by atoms with Gasteiger partial charge in [0.1, 0.15) is 5.41 Å². The predicted octanol–water partition coefficient (Wildman–Crippen LogP) is 5.23. The Balaban J connectivity index is 1.88. The number of anilines is 1. The lowest BCUT2D eigenvalue weighted by atomic mass is 9.64. The lowest BCUT2D eigenvalue weighted by Gasteiger charge is -2.48. The molecule has 2 N–H and O–H groups in total. The van der Waals surface area contributed by atoms with Gasteiger partial charge in [-0.1, -0.05) is 60.2 Å². The molecule has 0 amide bonds. The Morgan fingerprint density at radius 2 is 1.70 bits per heavy atom. The molecule has 0 saturated carbocycles. The Labute approximate surface area is 221 Å². The number of benzene rings is 2. The van der Waals surface area contributed by atoms with E-state index < -0.39 is 29.4 Å². The topological polar surface area (TPSA) is 89.5 Å². The number of nitrogens with zero attached hydrogens (tertiary/aromatic N) is 1. The summed E-state index contributed by atoms with van der Waals surface area (Å²) in [6.07, 6.45) is 0. The van der Waals surface area contributed by atoms with Crippen molar-refractivity contribution in [1.82, 2.24) is 10.3 Å². The van der Waals surface area contributed by atoms with E-state index in [0.29, 0.717) is 16.4 Å². The molecular formula is C29H33N3O4S. The van der Waals surface area contributed by atoms with Gasteiger partial charge in [0.15, 0.2) is 5.13 Å². The van der Waals surface area contributed by atoms with Gasteiger partial charge in [-0.3, -0.25) is 4.79 Å². The lowest BCUT2D eigenvalue weighted by Crippen LogP contribution is -2.66. The summed E-state index contributed by atoms with van der Waals surface area (Å²) in [6.45, 7) is 9.77. The fourth-order valence-electron chi connectivity index (χ4n) is 4.99. The van der Waals surface area contributed by atoms with Crippen LogP contribution in [-0.2, 0) is 24.5 Å². The number of carbonyl (C=O) groups is 2. The maximum absolute atomic E-state index is 13.9. The van der Waals surface area contributed by atoms with Crippen molar-refractivity contribution >= 4 is 28.4 Å². The highest BCUT2D eigenvalue weighted by Gasteiger charge is 2.58. The van der Waals surface area contributed by atoms with E-state index in [-0.39, 0.29) is 13.2 Å². The largest absolute Gasteiger partial charge is 0.465 e. The van der Waals surface area contributed by atoms with Crippen molar-refractivity contribution < 1.29 is 19.1 Å². The SMILES string of the molecule is CCOC(=O)C1=C(C)NC(C)C(C(=O)OCC)(c2ccccc2)C1Nc1nc(-c2ccc(C)cc2)cs1. The second-order valence-corrected chi connectivity index (χ2v) is 9.92. The molecule has 0 bridgehead atoms. The zero-order chi connectivity index (χ0) is 26.6. The molecule has 4 rings (SSSR count). The quantitative estimate of drug-likeness (QED) is 0.394. The minimum absolute atomic E-state index is 0.207. The van der Waals surface area contributed by atoms with Gasteiger partial charge in [0.05, 0.1) is 30.5 Å². The smallest absolute Gasteiger partial charge is 0.337 e. The van der Waals surface area contributed by atoms with Gasteiger partial charge in [-0.05, 0) is 40.2 Å². The number of aromatic nitrogens is 1. The fraction of sp³-hybridized carbons (Fsp3) is 0.345. The molecule has 37 heavy (non-hydrogen) atoms. The lowest BCUT2D eigenvalue weighted by molar-refractivity contribution is -0.152. The average Bonchev–Trinajstić information content (AvgIpc) is 3.34. The average molecular weight is 520 g/mol. The van der Waals surface area contributed by atoms with Gasteiger partial charge in [-0.15, -0.1) is 11.3 Å². The summed E-state index contributed by atoms with van der Waals surface area (Å²) in [7, 11) is 0. The Morgan fingerprint density at radius 1 is 1.03 bits per heavy atom. The number of rotatable bonds is 8. The number of ether oxygens (including phenoxy) is 2. The first-order chi connectivity index (χ1) is 17.8. The molecule has 3 aromatic rings. The zero-order valence-electron chi connectivity index (χ0n) is 21.8. The summed E-state index contributed by atoms with van der Waals surface area (Å²) in [5, 5.41) is 9.40. The third-order valence-corrected chi connectivity index (χ3v) is 7.52. The molecule has 2 heterocycles. The van der Waals surface area contributed by atoms with Gasteiger partial charge in [0.2, 0.25) is 0 Å². The van der Waals surface area contributed by atoms with Crippen molar-refractivity contribution in [3.05, 3.63) is 82.4 Å². The highest BCUT2D eigenvalue weighted by Crippen LogP contribution is 2.43. The van der Waals surface area contributed by atoms with Crippen LogP contribution in [0.15, 0.2) is 71.2 Å². The molecule has 1 aliphatic rings. The summed E-state index contributed by atoms with van der Waals surface area (Å²) in [5.74, 6) is -0.917. The molecule has 0 fully saturated rings. The van der Waals surface area contributed by atoms with Gasteiger partial charge in [-0.2, -0.15) is 0 Å². The van der Waals surface area contributed by atoms with E-state index in [9.17, 15) is 9.59 Å². The Morgan fingerprint density at radius 3 is 2.35 bits per heavy atom. The Bertz CT molecular complexity index is 1290. The monoisotopic (exact) mass is 519 g/mol. The third kappa shape index (κ3) is 4.98. The van der Waals surface area contributed by atoms with Crippen molar-refractivity contribution in [3.63, 3.8) is 0 Å². The van der Waals surface area contributed by atoms with Crippen LogP contribution >= 0.6 is 11.3 Å². The molecule has 1 aliphatic heterocycles. The minimum Gasteiger partial charge on any atom is -0.465 e. The summed E-state index contributed by atoms with van der Waals surface area (Å²) < 4.78 is 11.1. The first kappa shape index (κ1) is 26.4. The van der Waals surface area contributed by atoms with Crippen molar-refractivity contribution in [2.75, 3.05) is 18.5 Å². The molecule has 3 unspecified atom stereocenters. The van der Waals surface area contributed by atoms with Crippen LogP contribution in [0.4, 0.5) is 5.13 Å². The molecule has 0 aliphatic carbocycles. The Kier molecular flexibility index (Phi) is 7.97. The number of nitrogens with one attached hydrogen (secondary N) is 2. The van der Waals surface area contributed by atoms with E-state index in [4.69, 9.17) is 14.5 Å². The number of hydrogen-bond donors (Lipinski definition) is 2. The molecule has 3 atom stereocenters. The van der Waals surface area contributed by atoms with E-state index in [0.717, 1.165) is 16.8 Å². The number of carbonyl (C=O) groups excluding carboxylic acids is 2. The minimum atomic E-state index is -1.27. The number of hydrogen-bond acceptors (Lipinski definition) is 8. The van der Waals surface area contributed by atoms with E-state index in [1.54, 1.807) is 13.8 Å². The van der Waals surface area contributed by atoms with Crippen LogP contribution in [0.3, 0.4) is 0 Å². The normalized spacial score (nSPS) is 21.2. The van der Waals surface area contributed by atoms with Gasteiger partial charge in [0.25, 0.3) is 0 Å². The van der Waals surface area contributed by atoms with Crippen LogP contribution in [0.1, 0.15) is 38.8 Å². The van der Waals surface area contributed by atoms with Gasteiger partial charge in [-0.25, -0.2) is 9.78 Å². The van der Waals surface area contributed by atoms with Crippen molar-refractivity contribution in [3.8, 4) is 11.3 Å². The van der Waals surface area contributed by atoms with Crippen LogP contribution in [-0.4, -0.2) is 42.2 Å². The van der Waals surface area contributed by atoms with Crippen LogP contribution in [0.25, 0.3) is 11.3 Å². The van der Waals surface area contributed by atoms with Crippen LogP contribution in [0.5, 0.6) is 0 Å². The van der Waals surface area contributed by atoms with E-state index >= 15 is 0 Å².